The van der Waals surface area contributed by atoms with Gasteiger partial charge in [-0.15, -0.1) is 0 Å². The minimum absolute atomic E-state index is 0.209. The number of hydrogen-bond donors (Lipinski definition) is 1. The molecule has 0 fully saturated rings. The summed E-state index contributed by atoms with van der Waals surface area (Å²) in [5.41, 5.74) is 0.808. The molecular weight excluding hydrogens is 417 g/mol. The van der Waals surface area contributed by atoms with Crippen molar-refractivity contribution >= 4 is 46.9 Å². The second-order valence-electron chi connectivity index (χ2n) is 5.77. The van der Waals surface area contributed by atoms with Gasteiger partial charge in [-0.1, -0.05) is 60.0 Å². The SMILES string of the molecule is COC(=O)/C=C/C=C/[C@H](C)CC[C@H](NC(=O)OCC(Cl)(Cl)Cl)c1ccoc1. The van der Waals surface area contributed by atoms with Crippen molar-refractivity contribution in [1.29, 1.82) is 0 Å². The first kappa shape index (κ1) is 23.4. The highest BCUT2D eigenvalue weighted by molar-refractivity contribution is 6.67. The number of esters is 1. The minimum Gasteiger partial charge on any atom is -0.472 e. The number of ether oxygens (including phenoxy) is 2. The third-order valence-corrected chi connectivity index (χ3v) is 3.83. The van der Waals surface area contributed by atoms with Gasteiger partial charge in [0, 0.05) is 11.6 Å². The van der Waals surface area contributed by atoms with E-state index in [-0.39, 0.29) is 18.6 Å². The maximum absolute atomic E-state index is 11.9. The van der Waals surface area contributed by atoms with Gasteiger partial charge in [-0.05, 0) is 24.8 Å². The largest absolute Gasteiger partial charge is 0.472 e. The quantitative estimate of drug-likeness (QED) is 0.251. The molecule has 0 bridgehead atoms. The van der Waals surface area contributed by atoms with E-state index in [1.54, 1.807) is 24.5 Å². The smallest absolute Gasteiger partial charge is 0.407 e. The van der Waals surface area contributed by atoms with Gasteiger partial charge in [0.2, 0.25) is 3.79 Å². The van der Waals surface area contributed by atoms with Crippen LogP contribution < -0.4 is 5.32 Å². The summed E-state index contributed by atoms with van der Waals surface area (Å²) in [5, 5.41) is 2.74. The number of allylic oxidation sites excluding steroid dienone is 3. The van der Waals surface area contributed by atoms with E-state index >= 15 is 0 Å². The summed E-state index contributed by atoms with van der Waals surface area (Å²) in [4.78, 5) is 22.9. The van der Waals surface area contributed by atoms with Crippen molar-refractivity contribution in [3.05, 3.63) is 48.5 Å². The lowest BCUT2D eigenvalue weighted by molar-refractivity contribution is -0.134. The number of nitrogens with one attached hydrogen (secondary N) is 1. The molecule has 0 aliphatic rings. The molecular formula is C18H22Cl3NO5. The molecule has 0 unspecified atom stereocenters. The molecule has 0 spiro atoms. The Bertz CT molecular complexity index is 638. The lowest BCUT2D eigenvalue weighted by Crippen LogP contribution is -2.31. The maximum Gasteiger partial charge on any atom is 0.407 e. The Labute approximate surface area is 173 Å². The molecule has 1 amide bonds. The van der Waals surface area contributed by atoms with E-state index in [0.29, 0.717) is 6.42 Å². The van der Waals surface area contributed by atoms with Gasteiger partial charge in [0.15, 0.2) is 0 Å². The van der Waals surface area contributed by atoms with Crippen molar-refractivity contribution in [3.8, 4) is 0 Å². The van der Waals surface area contributed by atoms with E-state index in [4.69, 9.17) is 44.0 Å². The molecule has 0 saturated heterocycles. The van der Waals surface area contributed by atoms with Crippen LogP contribution in [0.4, 0.5) is 4.79 Å². The second kappa shape index (κ2) is 12.0. The number of methoxy groups -OCH3 is 1. The fourth-order valence-corrected chi connectivity index (χ4v) is 2.27. The van der Waals surface area contributed by atoms with E-state index in [1.807, 2.05) is 13.0 Å². The van der Waals surface area contributed by atoms with Crippen LogP contribution in [-0.4, -0.2) is 29.6 Å². The Morgan fingerprint density at radius 2 is 2.04 bits per heavy atom. The first-order valence-electron chi connectivity index (χ1n) is 8.16. The first-order chi connectivity index (χ1) is 12.7. The Morgan fingerprint density at radius 3 is 2.63 bits per heavy atom. The third-order valence-electron chi connectivity index (χ3n) is 3.50. The summed E-state index contributed by atoms with van der Waals surface area (Å²) >= 11 is 16.7. The summed E-state index contributed by atoms with van der Waals surface area (Å²) in [6.07, 6.45) is 10.5. The molecule has 0 aliphatic carbocycles. The highest BCUT2D eigenvalue weighted by Gasteiger charge is 2.24. The number of hydrogen-bond acceptors (Lipinski definition) is 5. The normalized spacial score (nSPS) is 14.3. The van der Waals surface area contributed by atoms with Crippen LogP contribution in [0.25, 0.3) is 0 Å². The summed E-state index contributed by atoms with van der Waals surface area (Å²) in [7, 11) is 1.32. The van der Waals surface area contributed by atoms with Gasteiger partial charge in [0.1, 0.15) is 6.61 Å². The molecule has 9 heteroatoms. The highest BCUT2D eigenvalue weighted by atomic mass is 35.6. The molecule has 6 nitrogen and oxygen atoms in total. The van der Waals surface area contributed by atoms with Crippen LogP contribution in [0, 0.1) is 5.92 Å². The van der Waals surface area contributed by atoms with E-state index in [9.17, 15) is 9.59 Å². The van der Waals surface area contributed by atoms with Crippen LogP contribution in [0.1, 0.15) is 31.4 Å². The summed E-state index contributed by atoms with van der Waals surface area (Å²) in [6, 6.07) is 1.45. The number of furan rings is 1. The van der Waals surface area contributed by atoms with E-state index in [0.717, 1.165) is 12.0 Å². The highest BCUT2D eigenvalue weighted by Crippen LogP contribution is 2.26. The number of carbonyl (C=O) groups is 2. The second-order valence-corrected chi connectivity index (χ2v) is 8.28. The Kier molecular flexibility index (Phi) is 10.4. The predicted octanol–water partition coefficient (Wildman–Crippen LogP) is 5.12. The maximum atomic E-state index is 11.9. The predicted molar refractivity (Wildman–Crippen MR) is 105 cm³/mol. The molecule has 1 aromatic rings. The van der Waals surface area contributed by atoms with Crippen LogP contribution in [0.5, 0.6) is 0 Å². The van der Waals surface area contributed by atoms with Gasteiger partial charge in [0.05, 0.1) is 25.7 Å². The van der Waals surface area contributed by atoms with Gasteiger partial charge in [-0.2, -0.15) is 0 Å². The van der Waals surface area contributed by atoms with Crippen LogP contribution in [0.15, 0.2) is 47.3 Å². The van der Waals surface area contributed by atoms with E-state index in [1.165, 1.54) is 19.4 Å². The zero-order chi connectivity index (χ0) is 20.3. The fourth-order valence-electron chi connectivity index (χ4n) is 2.11. The molecule has 2 atom stereocenters. The molecule has 1 aromatic heterocycles. The van der Waals surface area contributed by atoms with Gasteiger partial charge in [-0.25, -0.2) is 9.59 Å². The van der Waals surface area contributed by atoms with Gasteiger partial charge >= 0.3 is 12.1 Å². The molecule has 0 radical (unpaired) electrons. The molecule has 1 N–H and O–H groups in total. The van der Waals surface area contributed by atoms with Crippen LogP contribution in [0.2, 0.25) is 0 Å². The van der Waals surface area contributed by atoms with Crippen LogP contribution in [-0.2, 0) is 14.3 Å². The standard InChI is InChI=1S/C18H22Cl3NO5/c1-13(5-3-4-6-16(23)25-2)7-8-15(14-9-10-26-11-14)22-17(24)27-12-18(19,20)21/h3-6,9-11,13,15H,7-8,12H2,1-2H3,(H,22,24)/b5-3+,6-4+/t13-,15-/m0/s1. The molecule has 0 aliphatic heterocycles. The molecule has 1 rings (SSSR count). The number of alkyl carbamates (subject to hydrolysis) is 1. The van der Waals surface area contributed by atoms with Crippen molar-refractivity contribution in [3.63, 3.8) is 0 Å². The fraction of sp³-hybridized carbons (Fsp3) is 0.444. The number of carbonyl (C=O) groups excluding carboxylic acids is 2. The minimum atomic E-state index is -1.67. The van der Waals surface area contributed by atoms with Gasteiger partial charge in [-0.3, -0.25) is 0 Å². The molecule has 0 saturated carbocycles. The average molecular weight is 439 g/mol. The summed E-state index contributed by atoms with van der Waals surface area (Å²) in [5.74, 6) is -0.203. The number of halogens is 3. The number of alkyl halides is 3. The monoisotopic (exact) mass is 437 g/mol. The van der Waals surface area contributed by atoms with E-state index in [2.05, 4.69) is 10.1 Å². The van der Waals surface area contributed by atoms with Crippen molar-refractivity contribution in [2.75, 3.05) is 13.7 Å². The zero-order valence-corrected chi connectivity index (χ0v) is 17.3. The van der Waals surface area contributed by atoms with Crippen molar-refractivity contribution < 1.29 is 23.5 Å². The zero-order valence-electron chi connectivity index (χ0n) is 15.0. The lowest BCUT2D eigenvalue weighted by Gasteiger charge is -2.19. The van der Waals surface area contributed by atoms with Gasteiger partial charge < -0.3 is 19.2 Å². The average Bonchev–Trinajstić information content (AvgIpc) is 3.14. The first-order valence-corrected chi connectivity index (χ1v) is 9.29. The van der Waals surface area contributed by atoms with Crippen molar-refractivity contribution in [1.82, 2.24) is 5.32 Å². The summed E-state index contributed by atoms with van der Waals surface area (Å²) in [6.45, 7) is 1.67. The summed E-state index contributed by atoms with van der Waals surface area (Å²) < 4.78 is 12.8. The van der Waals surface area contributed by atoms with Crippen LogP contribution >= 0.6 is 34.8 Å². The van der Waals surface area contributed by atoms with Crippen molar-refractivity contribution in [2.24, 2.45) is 5.92 Å². The number of rotatable bonds is 9. The molecule has 0 aromatic carbocycles. The van der Waals surface area contributed by atoms with Gasteiger partial charge in [0.25, 0.3) is 0 Å². The van der Waals surface area contributed by atoms with Crippen molar-refractivity contribution in [2.45, 2.75) is 29.6 Å². The Hall–Kier alpha value is -1.63. The Morgan fingerprint density at radius 1 is 1.30 bits per heavy atom. The third kappa shape index (κ3) is 11.0. The Balaban J connectivity index is 2.56. The van der Waals surface area contributed by atoms with E-state index < -0.39 is 15.9 Å². The molecule has 150 valence electrons. The molecule has 27 heavy (non-hydrogen) atoms. The topological polar surface area (TPSA) is 77.8 Å². The molecule has 1 heterocycles. The lowest BCUT2D eigenvalue weighted by atomic mass is 9.98. The van der Waals surface area contributed by atoms with Crippen LogP contribution in [0.3, 0.4) is 0 Å². The number of amides is 1.